The Morgan fingerprint density at radius 2 is 2.05 bits per heavy atom. The summed E-state index contributed by atoms with van der Waals surface area (Å²) in [5.74, 6) is -1.50. The number of benzene rings is 1. The van der Waals surface area contributed by atoms with Crippen LogP contribution in [0.15, 0.2) is 36.4 Å². The van der Waals surface area contributed by atoms with E-state index in [1.165, 1.54) is 0 Å². The Labute approximate surface area is 124 Å². The predicted molar refractivity (Wildman–Crippen MR) is 80.2 cm³/mol. The van der Waals surface area contributed by atoms with E-state index >= 15 is 0 Å². The van der Waals surface area contributed by atoms with Crippen molar-refractivity contribution in [3.63, 3.8) is 0 Å². The zero-order chi connectivity index (χ0) is 15.2. The van der Waals surface area contributed by atoms with Crippen LogP contribution in [0.5, 0.6) is 0 Å². The Kier molecular flexibility index (Phi) is 5.11. The largest absolute Gasteiger partial charge is 0.481 e. The Morgan fingerprint density at radius 1 is 1.29 bits per heavy atom. The van der Waals surface area contributed by atoms with Gasteiger partial charge in [0.25, 0.3) is 5.91 Å². The van der Waals surface area contributed by atoms with E-state index in [0.29, 0.717) is 12.0 Å². The Bertz CT molecular complexity index is 554. The molecule has 0 saturated carbocycles. The summed E-state index contributed by atoms with van der Waals surface area (Å²) in [4.78, 5) is 23.3. The average Bonchev–Trinajstić information content (AvgIpc) is 2.94. The summed E-state index contributed by atoms with van der Waals surface area (Å²) in [6.45, 7) is 0.800. The number of hydrogen-bond acceptors (Lipinski definition) is 3. The third-order valence-electron chi connectivity index (χ3n) is 3.62. The van der Waals surface area contributed by atoms with Gasteiger partial charge in [-0.05, 0) is 38.1 Å². The van der Waals surface area contributed by atoms with Crippen molar-refractivity contribution >= 4 is 11.9 Å². The summed E-state index contributed by atoms with van der Waals surface area (Å²) >= 11 is 0. The molecule has 0 radical (unpaired) electrons. The molecule has 0 heterocycles. The zero-order valence-electron chi connectivity index (χ0n) is 12.0. The van der Waals surface area contributed by atoms with Crippen LogP contribution in [-0.4, -0.2) is 36.6 Å². The van der Waals surface area contributed by atoms with Crippen molar-refractivity contribution in [3.05, 3.63) is 47.5 Å². The van der Waals surface area contributed by atoms with Gasteiger partial charge in [0.15, 0.2) is 0 Å². The zero-order valence-corrected chi connectivity index (χ0v) is 12.0. The van der Waals surface area contributed by atoms with Gasteiger partial charge in [-0.1, -0.05) is 30.4 Å². The molecule has 1 aromatic carbocycles. The fourth-order valence-corrected chi connectivity index (χ4v) is 2.45. The number of rotatable bonds is 6. The molecule has 2 atom stereocenters. The summed E-state index contributed by atoms with van der Waals surface area (Å²) in [6.07, 6.45) is 4.59. The summed E-state index contributed by atoms with van der Waals surface area (Å²) in [5.41, 5.74) is 1.64. The Morgan fingerprint density at radius 3 is 2.71 bits per heavy atom. The average molecular weight is 288 g/mol. The van der Waals surface area contributed by atoms with Gasteiger partial charge in [-0.25, -0.2) is 0 Å². The standard InChI is InChI=1S/C16H20N2O3/c1-17-9-8-11-4-2-3-5-14(11)15(19)18-13-7-6-12(10-13)16(20)21/h2-7,12-13,17H,8-10H2,1H3,(H,18,19)(H,20,21). The topological polar surface area (TPSA) is 78.4 Å². The van der Waals surface area contributed by atoms with E-state index in [1.807, 2.05) is 25.2 Å². The predicted octanol–water partition coefficient (Wildman–Crippen LogP) is 1.21. The van der Waals surface area contributed by atoms with E-state index in [-0.39, 0.29) is 11.9 Å². The van der Waals surface area contributed by atoms with Crippen LogP contribution in [-0.2, 0) is 11.2 Å². The maximum absolute atomic E-state index is 12.3. The number of carboxylic acids is 1. The molecule has 1 aromatic rings. The van der Waals surface area contributed by atoms with Crippen molar-refractivity contribution in [2.24, 2.45) is 5.92 Å². The number of hydrogen-bond donors (Lipinski definition) is 3. The van der Waals surface area contributed by atoms with Crippen LogP contribution < -0.4 is 10.6 Å². The van der Waals surface area contributed by atoms with E-state index < -0.39 is 11.9 Å². The highest BCUT2D eigenvalue weighted by atomic mass is 16.4. The summed E-state index contributed by atoms with van der Waals surface area (Å²) in [7, 11) is 1.87. The second-order valence-corrected chi connectivity index (χ2v) is 5.16. The van der Waals surface area contributed by atoms with Crippen LogP contribution in [0.3, 0.4) is 0 Å². The van der Waals surface area contributed by atoms with E-state index in [1.54, 1.807) is 18.2 Å². The van der Waals surface area contributed by atoms with Crippen molar-refractivity contribution in [2.45, 2.75) is 18.9 Å². The van der Waals surface area contributed by atoms with Gasteiger partial charge < -0.3 is 15.7 Å². The molecule has 2 unspecified atom stereocenters. The highest BCUT2D eigenvalue weighted by Gasteiger charge is 2.25. The van der Waals surface area contributed by atoms with Crippen LogP contribution in [0.4, 0.5) is 0 Å². The van der Waals surface area contributed by atoms with Gasteiger partial charge in [-0.2, -0.15) is 0 Å². The molecule has 0 spiro atoms. The number of carbonyl (C=O) groups excluding carboxylic acids is 1. The first-order valence-corrected chi connectivity index (χ1v) is 7.06. The van der Waals surface area contributed by atoms with E-state index in [2.05, 4.69) is 10.6 Å². The molecule has 1 aliphatic carbocycles. The quantitative estimate of drug-likeness (QED) is 0.688. The second kappa shape index (κ2) is 7.04. The molecule has 5 heteroatoms. The monoisotopic (exact) mass is 288 g/mol. The molecule has 0 aromatic heterocycles. The molecule has 5 nitrogen and oxygen atoms in total. The first-order valence-electron chi connectivity index (χ1n) is 7.06. The number of aliphatic carboxylic acids is 1. The van der Waals surface area contributed by atoms with Crippen molar-refractivity contribution in [1.29, 1.82) is 0 Å². The lowest BCUT2D eigenvalue weighted by Crippen LogP contribution is -2.34. The first kappa shape index (κ1) is 15.3. The van der Waals surface area contributed by atoms with Crippen molar-refractivity contribution in [1.82, 2.24) is 10.6 Å². The van der Waals surface area contributed by atoms with Gasteiger partial charge in [0, 0.05) is 11.6 Å². The maximum atomic E-state index is 12.3. The summed E-state index contributed by atoms with van der Waals surface area (Å²) in [5, 5.41) is 14.9. The number of likely N-dealkylation sites (N-methyl/N-ethyl adjacent to an activating group) is 1. The molecular weight excluding hydrogens is 268 g/mol. The lowest BCUT2D eigenvalue weighted by atomic mass is 10.0. The Hall–Kier alpha value is -2.14. The second-order valence-electron chi connectivity index (χ2n) is 5.16. The van der Waals surface area contributed by atoms with E-state index in [4.69, 9.17) is 5.11 Å². The van der Waals surface area contributed by atoms with E-state index in [9.17, 15) is 9.59 Å². The molecule has 3 N–H and O–H groups in total. The van der Waals surface area contributed by atoms with Crippen LogP contribution in [0.25, 0.3) is 0 Å². The molecule has 2 rings (SSSR count). The molecule has 1 amide bonds. The molecule has 0 bridgehead atoms. The van der Waals surface area contributed by atoms with Crippen LogP contribution in [0.2, 0.25) is 0 Å². The SMILES string of the molecule is CNCCc1ccccc1C(=O)NC1C=CC(C(=O)O)C1. The van der Waals surface area contributed by atoms with Gasteiger partial charge in [-0.3, -0.25) is 9.59 Å². The van der Waals surface area contributed by atoms with Crippen molar-refractivity contribution < 1.29 is 14.7 Å². The highest BCUT2D eigenvalue weighted by molar-refractivity contribution is 5.96. The molecule has 0 saturated heterocycles. The molecule has 0 fully saturated rings. The normalized spacial score (nSPS) is 20.4. The molecule has 21 heavy (non-hydrogen) atoms. The van der Waals surface area contributed by atoms with Crippen LogP contribution in [0.1, 0.15) is 22.3 Å². The third kappa shape index (κ3) is 3.92. The van der Waals surface area contributed by atoms with Gasteiger partial charge in [0.2, 0.25) is 0 Å². The fourth-order valence-electron chi connectivity index (χ4n) is 2.45. The lowest BCUT2D eigenvalue weighted by Gasteiger charge is -2.14. The highest BCUT2D eigenvalue weighted by Crippen LogP contribution is 2.19. The summed E-state index contributed by atoms with van der Waals surface area (Å²) < 4.78 is 0. The third-order valence-corrected chi connectivity index (χ3v) is 3.62. The summed E-state index contributed by atoms with van der Waals surface area (Å²) in [6, 6.07) is 7.28. The molecule has 112 valence electrons. The van der Waals surface area contributed by atoms with E-state index in [0.717, 1.165) is 18.5 Å². The molecule has 1 aliphatic rings. The number of amides is 1. The number of carbonyl (C=O) groups is 2. The van der Waals surface area contributed by atoms with Gasteiger partial charge >= 0.3 is 5.97 Å². The van der Waals surface area contributed by atoms with Crippen LogP contribution >= 0.6 is 0 Å². The van der Waals surface area contributed by atoms with Crippen molar-refractivity contribution in [2.75, 3.05) is 13.6 Å². The first-order chi connectivity index (χ1) is 10.1. The Balaban J connectivity index is 2.01. The maximum Gasteiger partial charge on any atom is 0.310 e. The van der Waals surface area contributed by atoms with Gasteiger partial charge in [-0.15, -0.1) is 0 Å². The fraction of sp³-hybridized carbons (Fsp3) is 0.375. The molecule has 0 aliphatic heterocycles. The van der Waals surface area contributed by atoms with Crippen LogP contribution in [0, 0.1) is 5.92 Å². The molecular formula is C16H20N2O3. The smallest absolute Gasteiger partial charge is 0.310 e. The van der Waals surface area contributed by atoms with Gasteiger partial charge in [0.1, 0.15) is 0 Å². The minimum atomic E-state index is -0.850. The van der Waals surface area contributed by atoms with Gasteiger partial charge in [0.05, 0.1) is 5.92 Å². The van der Waals surface area contributed by atoms with Crippen molar-refractivity contribution in [3.8, 4) is 0 Å². The lowest BCUT2D eigenvalue weighted by molar-refractivity contribution is -0.140. The number of nitrogens with one attached hydrogen (secondary N) is 2. The minimum Gasteiger partial charge on any atom is -0.481 e. The minimum absolute atomic E-state index is 0.151. The number of carboxylic acid groups (broad SMARTS) is 1.